The molecule has 0 fully saturated rings. The molecule has 0 atom stereocenters. The molecule has 0 spiro atoms. The van der Waals surface area contributed by atoms with Crippen molar-refractivity contribution < 1.29 is 14.7 Å². The molecule has 3 aromatic rings. The fraction of sp³-hybridized carbons (Fsp3) is 0.238. The van der Waals surface area contributed by atoms with Crippen molar-refractivity contribution in [3.05, 3.63) is 70.6 Å². The Morgan fingerprint density at radius 2 is 1.58 bits per heavy atom. The van der Waals surface area contributed by atoms with Crippen molar-refractivity contribution in [2.75, 3.05) is 0 Å². The van der Waals surface area contributed by atoms with Crippen LogP contribution >= 0.6 is 11.3 Å². The summed E-state index contributed by atoms with van der Waals surface area (Å²) in [5.41, 5.74) is 1.22. The molecule has 0 saturated carbocycles. The maximum absolute atomic E-state index is 12.8. The van der Waals surface area contributed by atoms with Crippen molar-refractivity contribution in [3.63, 3.8) is 0 Å². The van der Waals surface area contributed by atoms with Crippen LogP contribution in [0.4, 0.5) is 0 Å². The van der Waals surface area contributed by atoms with E-state index < -0.39 is 11.5 Å². The highest BCUT2D eigenvalue weighted by molar-refractivity contribution is 7.17. The van der Waals surface area contributed by atoms with Gasteiger partial charge in [-0.3, -0.25) is 4.79 Å². The van der Waals surface area contributed by atoms with Crippen LogP contribution in [0, 0.1) is 0 Å². The molecule has 1 heterocycles. The minimum atomic E-state index is -1.27. The highest BCUT2D eigenvalue weighted by atomic mass is 32.1. The van der Waals surface area contributed by atoms with Crippen molar-refractivity contribution in [1.82, 2.24) is 5.32 Å². The summed E-state index contributed by atoms with van der Waals surface area (Å²) < 4.78 is 1.02. The van der Waals surface area contributed by atoms with Gasteiger partial charge in [0.25, 0.3) is 5.91 Å². The second-order valence-corrected chi connectivity index (χ2v) is 7.02. The Balaban J connectivity index is 0.000000948. The molecule has 2 N–H and O–H groups in total. The minimum absolute atomic E-state index is 0.312. The smallest absolute Gasteiger partial charge is 0.330 e. The summed E-state index contributed by atoms with van der Waals surface area (Å²) >= 11 is 1.49. The molecule has 4 nitrogen and oxygen atoms in total. The number of aliphatic carboxylic acids is 1. The number of hydrogen-bond donors (Lipinski definition) is 2. The van der Waals surface area contributed by atoms with Crippen LogP contribution in [0.2, 0.25) is 0 Å². The summed E-state index contributed by atoms with van der Waals surface area (Å²) in [5, 5.41) is 15.2. The molecule has 1 amide bonds. The number of carboxylic acids is 1. The van der Waals surface area contributed by atoms with E-state index in [1.165, 1.54) is 11.3 Å². The van der Waals surface area contributed by atoms with Crippen LogP contribution in [0.15, 0.2) is 53.9 Å². The van der Waals surface area contributed by atoms with Gasteiger partial charge >= 0.3 is 5.97 Å². The number of thiophene rings is 1. The van der Waals surface area contributed by atoms with Crippen LogP contribution in [0.3, 0.4) is 0 Å². The molecule has 0 unspecified atom stereocenters. The third-order valence-corrected chi connectivity index (χ3v) is 5.55. The molecule has 0 aliphatic heterocycles. The second-order valence-electron chi connectivity index (χ2n) is 6.11. The predicted octanol–water partition coefficient (Wildman–Crippen LogP) is 4.28. The molecule has 1 aliphatic carbocycles. The van der Waals surface area contributed by atoms with Gasteiger partial charge in [0.15, 0.2) is 0 Å². The summed E-state index contributed by atoms with van der Waals surface area (Å²) in [4.78, 5) is 24.7. The number of carbonyl (C=O) groups is 2. The Hall–Kier alpha value is -2.66. The zero-order chi connectivity index (χ0) is 18.7. The predicted molar refractivity (Wildman–Crippen MR) is 105 cm³/mol. The SMILES string of the molecule is CC.O=C(NC1(C(=O)O)Cc2ccccc2C1)c1csc2ccccc12. The first-order valence-electron chi connectivity index (χ1n) is 8.68. The fourth-order valence-electron chi connectivity index (χ4n) is 3.35. The van der Waals surface area contributed by atoms with E-state index >= 15 is 0 Å². The van der Waals surface area contributed by atoms with Gasteiger partial charge in [0.05, 0.1) is 5.56 Å². The molecule has 134 valence electrons. The van der Waals surface area contributed by atoms with Crippen molar-refractivity contribution in [1.29, 1.82) is 0 Å². The lowest BCUT2D eigenvalue weighted by molar-refractivity contribution is -0.144. The number of carboxylic acid groups (broad SMARTS) is 1. The Morgan fingerprint density at radius 3 is 2.19 bits per heavy atom. The summed E-state index contributed by atoms with van der Waals surface area (Å²) in [5.74, 6) is -1.32. The molecular weight excluding hydrogens is 346 g/mol. The van der Waals surface area contributed by atoms with E-state index in [0.717, 1.165) is 21.2 Å². The van der Waals surface area contributed by atoms with Crippen molar-refractivity contribution in [2.24, 2.45) is 0 Å². The van der Waals surface area contributed by atoms with E-state index in [9.17, 15) is 14.7 Å². The molecule has 0 radical (unpaired) electrons. The summed E-state index contributed by atoms with van der Waals surface area (Å²) in [7, 11) is 0. The summed E-state index contributed by atoms with van der Waals surface area (Å²) in [6.45, 7) is 4.00. The number of fused-ring (bicyclic) bond motifs is 2. The Labute approximate surface area is 156 Å². The maximum Gasteiger partial charge on any atom is 0.330 e. The van der Waals surface area contributed by atoms with Crippen molar-refractivity contribution in [2.45, 2.75) is 32.2 Å². The highest BCUT2D eigenvalue weighted by Crippen LogP contribution is 2.32. The molecule has 1 aliphatic rings. The summed E-state index contributed by atoms with van der Waals surface area (Å²) in [6.07, 6.45) is 0.624. The van der Waals surface area contributed by atoms with Crippen LogP contribution in [-0.2, 0) is 17.6 Å². The zero-order valence-electron chi connectivity index (χ0n) is 14.8. The van der Waals surface area contributed by atoms with Crippen LogP contribution < -0.4 is 5.32 Å². The quantitative estimate of drug-likeness (QED) is 0.726. The van der Waals surface area contributed by atoms with Gasteiger partial charge in [-0.15, -0.1) is 11.3 Å². The normalized spacial score (nSPS) is 14.2. The molecule has 4 rings (SSSR count). The molecular formula is C21H21NO3S. The van der Waals surface area contributed by atoms with E-state index in [0.29, 0.717) is 18.4 Å². The first-order chi connectivity index (χ1) is 12.6. The van der Waals surface area contributed by atoms with Crippen LogP contribution in [0.1, 0.15) is 35.3 Å². The summed E-state index contributed by atoms with van der Waals surface area (Å²) in [6, 6.07) is 15.3. The Morgan fingerprint density at radius 1 is 1.00 bits per heavy atom. The molecule has 0 saturated heterocycles. The van der Waals surface area contributed by atoms with E-state index in [-0.39, 0.29) is 5.91 Å². The third-order valence-electron chi connectivity index (χ3n) is 4.59. The number of carbonyl (C=O) groups excluding carboxylic acids is 1. The fourth-order valence-corrected chi connectivity index (χ4v) is 4.29. The number of amides is 1. The first kappa shape index (κ1) is 18.1. The lowest BCUT2D eigenvalue weighted by atomic mass is 9.95. The van der Waals surface area contributed by atoms with E-state index in [1.54, 1.807) is 5.38 Å². The standard InChI is InChI=1S/C19H15NO3S.C2H6/c21-17(15-11-24-16-8-4-3-7-14(15)16)20-19(18(22)23)9-12-5-1-2-6-13(12)10-19;1-2/h1-8,11H,9-10H2,(H,20,21)(H,22,23);1-2H3. The third kappa shape index (κ3) is 3.10. The van der Waals surface area contributed by atoms with Gasteiger partial charge in [-0.2, -0.15) is 0 Å². The van der Waals surface area contributed by atoms with Crippen molar-refractivity contribution >= 4 is 33.3 Å². The average Bonchev–Trinajstić information content (AvgIpc) is 3.25. The van der Waals surface area contributed by atoms with Gasteiger partial charge in [0.1, 0.15) is 5.54 Å². The number of nitrogens with one attached hydrogen (secondary N) is 1. The molecule has 1 aromatic heterocycles. The van der Waals surface area contributed by atoms with E-state index in [2.05, 4.69) is 5.32 Å². The van der Waals surface area contributed by atoms with Crippen LogP contribution in [0.5, 0.6) is 0 Å². The minimum Gasteiger partial charge on any atom is -0.479 e. The van der Waals surface area contributed by atoms with Gasteiger partial charge < -0.3 is 10.4 Å². The second kappa shape index (κ2) is 7.30. The van der Waals surface area contributed by atoms with Crippen LogP contribution in [0.25, 0.3) is 10.1 Å². The van der Waals surface area contributed by atoms with Gasteiger partial charge in [0, 0.05) is 28.3 Å². The average molecular weight is 367 g/mol. The van der Waals surface area contributed by atoms with Gasteiger partial charge in [-0.25, -0.2) is 4.79 Å². The molecule has 2 aromatic carbocycles. The Kier molecular flexibility index (Phi) is 5.09. The van der Waals surface area contributed by atoms with E-state index in [4.69, 9.17) is 0 Å². The largest absolute Gasteiger partial charge is 0.479 e. The van der Waals surface area contributed by atoms with Crippen LogP contribution in [-0.4, -0.2) is 22.5 Å². The topological polar surface area (TPSA) is 66.4 Å². The molecule has 5 heteroatoms. The lowest BCUT2D eigenvalue weighted by Gasteiger charge is -2.25. The zero-order valence-corrected chi connectivity index (χ0v) is 15.6. The van der Waals surface area contributed by atoms with Crippen molar-refractivity contribution in [3.8, 4) is 0 Å². The molecule has 0 bridgehead atoms. The monoisotopic (exact) mass is 367 g/mol. The van der Waals surface area contributed by atoms with Gasteiger partial charge in [-0.1, -0.05) is 56.3 Å². The Bertz CT molecular complexity index is 936. The highest BCUT2D eigenvalue weighted by Gasteiger charge is 2.45. The van der Waals surface area contributed by atoms with Gasteiger partial charge in [0.2, 0.25) is 0 Å². The first-order valence-corrected chi connectivity index (χ1v) is 9.56. The van der Waals surface area contributed by atoms with E-state index in [1.807, 2.05) is 62.4 Å². The number of benzene rings is 2. The maximum atomic E-state index is 12.8. The molecule has 26 heavy (non-hydrogen) atoms. The number of rotatable bonds is 3. The van der Waals surface area contributed by atoms with Gasteiger partial charge in [-0.05, 0) is 17.2 Å². The number of hydrogen-bond acceptors (Lipinski definition) is 3. The lowest BCUT2D eigenvalue weighted by Crippen LogP contribution is -2.55.